The average molecular weight is 300 g/mol. The van der Waals surface area contributed by atoms with E-state index in [1.807, 2.05) is 17.8 Å². The van der Waals surface area contributed by atoms with Crippen molar-refractivity contribution < 1.29 is 8.42 Å². The van der Waals surface area contributed by atoms with E-state index in [1.54, 1.807) is 12.1 Å². The zero-order valence-corrected chi connectivity index (χ0v) is 12.9. The average Bonchev–Trinajstić information content (AvgIpc) is 2.74. The molecule has 1 saturated heterocycles. The number of nitrogens with two attached hydrogens (primary N) is 1. The molecule has 1 fully saturated rings. The zero-order valence-electron chi connectivity index (χ0n) is 11.3. The number of thioether (sulfide) groups is 1. The molecule has 1 aromatic carbocycles. The predicted octanol–water partition coefficient (Wildman–Crippen LogP) is 2.37. The Labute approximate surface area is 119 Å². The van der Waals surface area contributed by atoms with Crippen LogP contribution in [0.4, 0.5) is 11.4 Å². The first kappa shape index (κ1) is 14.5. The van der Waals surface area contributed by atoms with Crippen molar-refractivity contribution in [3.05, 3.63) is 18.2 Å². The molecule has 1 heterocycles. The Morgan fingerprint density at radius 2 is 2.21 bits per heavy atom. The van der Waals surface area contributed by atoms with Crippen molar-refractivity contribution in [2.75, 3.05) is 29.6 Å². The van der Waals surface area contributed by atoms with Gasteiger partial charge in [-0.2, -0.15) is 11.8 Å². The van der Waals surface area contributed by atoms with Crippen LogP contribution in [0.3, 0.4) is 0 Å². The van der Waals surface area contributed by atoms with E-state index >= 15 is 0 Å². The lowest BCUT2D eigenvalue weighted by molar-refractivity contribution is 0.602. The monoisotopic (exact) mass is 300 g/mol. The van der Waals surface area contributed by atoms with Gasteiger partial charge in [-0.3, -0.25) is 0 Å². The molecule has 1 aromatic rings. The maximum absolute atomic E-state index is 11.6. The molecular weight excluding hydrogens is 280 g/mol. The summed E-state index contributed by atoms with van der Waals surface area (Å²) in [6, 6.07) is 5.09. The first-order chi connectivity index (χ1) is 8.82. The van der Waals surface area contributed by atoms with Crippen LogP contribution in [0, 0.1) is 0 Å². The molecule has 1 aliphatic rings. The van der Waals surface area contributed by atoms with Gasteiger partial charge in [0, 0.05) is 17.5 Å². The SMILES string of the molecule is CC1(CNc2cccc(S(C)(=O)=O)c2N)CCCS1. The van der Waals surface area contributed by atoms with Crippen molar-refractivity contribution in [2.24, 2.45) is 0 Å². The fourth-order valence-electron chi connectivity index (χ4n) is 2.28. The van der Waals surface area contributed by atoms with Gasteiger partial charge in [0.15, 0.2) is 9.84 Å². The number of nitrogen functional groups attached to an aromatic ring is 1. The van der Waals surface area contributed by atoms with Crippen LogP contribution in [0.1, 0.15) is 19.8 Å². The Bertz CT molecular complexity index is 564. The highest BCUT2D eigenvalue weighted by Crippen LogP contribution is 2.38. The van der Waals surface area contributed by atoms with Gasteiger partial charge < -0.3 is 11.1 Å². The van der Waals surface area contributed by atoms with Crippen molar-refractivity contribution in [3.63, 3.8) is 0 Å². The van der Waals surface area contributed by atoms with Crippen LogP contribution in [0.25, 0.3) is 0 Å². The molecule has 1 atom stereocenters. The summed E-state index contributed by atoms with van der Waals surface area (Å²) >= 11 is 1.96. The minimum Gasteiger partial charge on any atom is -0.396 e. The Morgan fingerprint density at radius 3 is 2.79 bits per heavy atom. The first-order valence-electron chi connectivity index (χ1n) is 6.28. The van der Waals surface area contributed by atoms with Gasteiger partial charge in [0.05, 0.1) is 16.3 Å². The summed E-state index contributed by atoms with van der Waals surface area (Å²) in [5.41, 5.74) is 6.97. The van der Waals surface area contributed by atoms with Crippen LogP contribution in [0.2, 0.25) is 0 Å². The van der Waals surface area contributed by atoms with Gasteiger partial charge in [-0.05, 0) is 37.7 Å². The molecule has 3 N–H and O–H groups in total. The van der Waals surface area contributed by atoms with Crippen LogP contribution < -0.4 is 11.1 Å². The van der Waals surface area contributed by atoms with Gasteiger partial charge in [0.1, 0.15) is 0 Å². The van der Waals surface area contributed by atoms with Crippen LogP contribution in [-0.4, -0.2) is 31.7 Å². The molecule has 0 amide bonds. The molecule has 19 heavy (non-hydrogen) atoms. The van der Waals surface area contributed by atoms with Crippen LogP contribution in [0.15, 0.2) is 23.1 Å². The molecule has 2 rings (SSSR count). The maximum Gasteiger partial charge on any atom is 0.177 e. The lowest BCUT2D eigenvalue weighted by Crippen LogP contribution is -2.27. The van der Waals surface area contributed by atoms with E-state index in [4.69, 9.17) is 5.73 Å². The second-order valence-electron chi connectivity index (χ2n) is 5.25. The van der Waals surface area contributed by atoms with E-state index in [1.165, 1.54) is 24.9 Å². The molecule has 1 aliphatic heterocycles. The quantitative estimate of drug-likeness (QED) is 0.835. The van der Waals surface area contributed by atoms with Crippen molar-refractivity contribution in [3.8, 4) is 0 Å². The topological polar surface area (TPSA) is 72.2 Å². The van der Waals surface area contributed by atoms with Gasteiger partial charge in [0.2, 0.25) is 0 Å². The van der Waals surface area contributed by atoms with E-state index in [-0.39, 0.29) is 9.64 Å². The van der Waals surface area contributed by atoms with E-state index in [0.29, 0.717) is 11.4 Å². The smallest absolute Gasteiger partial charge is 0.177 e. The zero-order chi connectivity index (χ0) is 14.1. The highest BCUT2D eigenvalue weighted by molar-refractivity contribution is 8.00. The summed E-state index contributed by atoms with van der Waals surface area (Å²) in [6.07, 6.45) is 3.59. The molecule has 0 saturated carbocycles. The van der Waals surface area contributed by atoms with Crippen LogP contribution in [0.5, 0.6) is 0 Å². The van der Waals surface area contributed by atoms with E-state index in [0.717, 1.165) is 6.54 Å². The standard InChI is InChI=1S/C13H20N2O2S2/c1-13(7-4-8-18-13)9-15-10-5-3-6-11(12(10)14)19(2,16)17/h3,5-6,15H,4,7-9,14H2,1-2H3. The minimum absolute atomic E-state index is 0.196. The van der Waals surface area contributed by atoms with E-state index in [9.17, 15) is 8.42 Å². The molecule has 1 unspecified atom stereocenters. The fourth-order valence-corrected chi connectivity index (χ4v) is 4.36. The second kappa shape index (κ2) is 5.25. The van der Waals surface area contributed by atoms with Gasteiger partial charge in [-0.1, -0.05) is 6.07 Å². The molecule has 0 aliphatic carbocycles. The summed E-state index contributed by atoms with van der Waals surface area (Å²) in [5.74, 6) is 1.19. The third-order valence-corrected chi connectivity index (χ3v) is 6.11. The maximum atomic E-state index is 11.6. The largest absolute Gasteiger partial charge is 0.396 e. The number of para-hydroxylation sites is 1. The van der Waals surface area contributed by atoms with Gasteiger partial charge in [-0.15, -0.1) is 0 Å². The van der Waals surface area contributed by atoms with Crippen molar-refractivity contribution >= 4 is 33.0 Å². The number of hydrogen-bond acceptors (Lipinski definition) is 5. The van der Waals surface area contributed by atoms with E-state index < -0.39 is 9.84 Å². The summed E-state index contributed by atoms with van der Waals surface area (Å²) in [7, 11) is -3.28. The Hall–Kier alpha value is -0.880. The van der Waals surface area contributed by atoms with Crippen molar-refractivity contribution in [2.45, 2.75) is 29.4 Å². The van der Waals surface area contributed by atoms with Gasteiger partial charge >= 0.3 is 0 Å². The molecule has 4 nitrogen and oxygen atoms in total. The molecular formula is C13H20N2O2S2. The molecule has 6 heteroatoms. The number of rotatable bonds is 4. The number of anilines is 2. The number of nitrogens with one attached hydrogen (secondary N) is 1. The summed E-state index contributed by atoms with van der Waals surface area (Å²) in [4.78, 5) is 0.196. The lowest BCUT2D eigenvalue weighted by atomic mass is 10.1. The molecule has 0 bridgehead atoms. The fraction of sp³-hybridized carbons (Fsp3) is 0.538. The third kappa shape index (κ3) is 3.36. The lowest BCUT2D eigenvalue weighted by Gasteiger charge is -2.24. The molecule has 0 aromatic heterocycles. The third-order valence-electron chi connectivity index (χ3n) is 3.42. The molecule has 0 spiro atoms. The second-order valence-corrected chi connectivity index (χ2v) is 8.91. The first-order valence-corrected chi connectivity index (χ1v) is 9.16. The molecule has 0 radical (unpaired) electrons. The Balaban J connectivity index is 2.17. The highest BCUT2D eigenvalue weighted by Gasteiger charge is 2.29. The normalized spacial score (nSPS) is 23.5. The van der Waals surface area contributed by atoms with Crippen molar-refractivity contribution in [1.82, 2.24) is 0 Å². The van der Waals surface area contributed by atoms with Gasteiger partial charge in [-0.25, -0.2) is 8.42 Å². The highest BCUT2D eigenvalue weighted by atomic mass is 32.2. The summed E-state index contributed by atoms with van der Waals surface area (Å²) in [5, 5.41) is 3.30. The number of hydrogen-bond donors (Lipinski definition) is 2. The van der Waals surface area contributed by atoms with Crippen molar-refractivity contribution in [1.29, 1.82) is 0 Å². The summed E-state index contributed by atoms with van der Waals surface area (Å²) < 4.78 is 23.5. The number of benzene rings is 1. The summed E-state index contributed by atoms with van der Waals surface area (Å²) in [6.45, 7) is 3.03. The van der Waals surface area contributed by atoms with Gasteiger partial charge in [0.25, 0.3) is 0 Å². The minimum atomic E-state index is -3.28. The van der Waals surface area contributed by atoms with Crippen LogP contribution in [-0.2, 0) is 9.84 Å². The number of sulfone groups is 1. The Kier molecular flexibility index (Phi) is 4.01. The molecule has 106 valence electrons. The van der Waals surface area contributed by atoms with Crippen LogP contribution >= 0.6 is 11.8 Å². The Morgan fingerprint density at radius 1 is 1.47 bits per heavy atom. The predicted molar refractivity (Wildman–Crippen MR) is 82.6 cm³/mol. The van der Waals surface area contributed by atoms with E-state index in [2.05, 4.69) is 12.2 Å².